The predicted molar refractivity (Wildman–Crippen MR) is 160 cm³/mol. The third-order valence-electron chi connectivity index (χ3n) is 8.68. The number of benzene rings is 2. The molecule has 6 rings (SSSR count). The Morgan fingerprint density at radius 1 is 1.17 bits per heavy atom. The average Bonchev–Trinajstić information content (AvgIpc) is 3.46. The van der Waals surface area contributed by atoms with Gasteiger partial charge in [0.1, 0.15) is 12.4 Å². The van der Waals surface area contributed by atoms with E-state index in [1.54, 1.807) is 0 Å². The number of fused-ring (bicyclic) bond motifs is 2. The van der Waals surface area contributed by atoms with Gasteiger partial charge in [0.25, 0.3) is 0 Å². The average molecular weight is 555 g/mol. The standard InChI is InChI=1S/C32H37N7O2/c1-3-30(40)39-19-18-38(20-24(39)13-15-33)31-27-14-17-37(29-12-6-9-23-8-4-5-11-26(23)29)21-28(27)34-32(35-31)41-22-25-10-7-16-36(25)2/h3-6,8-9,11-12,24-25H,1,7,10,13-14,16-22H2,2H3/t24-,25-/m0/s1/i1D2,3D. The number of nitriles is 1. The van der Waals surface area contributed by atoms with E-state index in [4.69, 9.17) is 18.8 Å². The van der Waals surface area contributed by atoms with Crippen molar-refractivity contribution in [2.45, 2.75) is 44.3 Å². The molecule has 2 saturated heterocycles. The van der Waals surface area contributed by atoms with Crippen LogP contribution in [0.2, 0.25) is 0 Å². The van der Waals surface area contributed by atoms with Gasteiger partial charge >= 0.3 is 6.01 Å². The molecule has 2 atom stereocenters. The Balaban J connectivity index is 1.32. The highest BCUT2D eigenvalue weighted by Crippen LogP contribution is 2.35. The van der Waals surface area contributed by atoms with Crippen LogP contribution in [0.4, 0.5) is 11.5 Å². The van der Waals surface area contributed by atoms with Crippen molar-refractivity contribution in [2.75, 3.05) is 56.2 Å². The van der Waals surface area contributed by atoms with Crippen LogP contribution in [-0.2, 0) is 17.8 Å². The van der Waals surface area contributed by atoms with E-state index in [9.17, 15) is 10.1 Å². The number of likely N-dealkylation sites (N-methyl/N-ethyl adjacent to an activating group) is 1. The summed E-state index contributed by atoms with van der Waals surface area (Å²) >= 11 is 0. The lowest BCUT2D eigenvalue weighted by molar-refractivity contribution is -0.128. The number of carbonyl (C=O) groups excluding carboxylic acids is 1. The summed E-state index contributed by atoms with van der Waals surface area (Å²) in [5.41, 5.74) is 3.11. The van der Waals surface area contributed by atoms with E-state index < -0.39 is 24.5 Å². The molecular formula is C32H37N7O2. The molecule has 1 amide bonds. The predicted octanol–water partition coefficient (Wildman–Crippen LogP) is 3.78. The molecule has 9 nitrogen and oxygen atoms in total. The van der Waals surface area contributed by atoms with Gasteiger partial charge in [-0.3, -0.25) is 4.79 Å². The van der Waals surface area contributed by atoms with Crippen molar-refractivity contribution in [1.29, 1.82) is 5.26 Å². The summed E-state index contributed by atoms with van der Waals surface area (Å²) in [6.07, 6.45) is 3.00. The zero-order valence-corrected chi connectivity index (χ0v) is 23.4. The smallest absolute Gasteiger partial charge is 0.318 e. The lowest BCUT2D eigenvalue weighted by Gasteiger charge is -2.42. The minimum atomic E-state index is -0.830. The van der Waals surface area contributed by atoms with Crippen LogP contribution in [-0.4, -0.2) is 84.1 Å². The molecule has 2 fully saturated rings. The van der Waals surface area contributed by atoms with Gasteiger partial charge in [0.05, 0.1) is 34.9 Å². The molecular weight excluding hydrogens is 514 g/mol. The van der Waals surface area contributed by atoms with E-state index in [0.717, 1.165) is 55.1 Å². The highest BCUT2D eigenvalue weighted by atomic mass is 16.5. The molecule has 4 heterocycles. The summed E-state index contributed by atoms with van der Waals surface area (Å²) in [5, 5.41) is 12.0. The number of amides is 1. The topological polar surface area (TPSA) is 88.8 Å². The van der Waals surface area contributed by atoms with E-state index in [1.807, 2.05) is 0 Å². The van der Waals surface area contributed by atoms with E-state index in [-0.39, 0.29) is 13.0 Å². The van der Waals surface area contributed by atoms with Crippen LogP contribution >= 0.6 is 0 Å². The van der Waals surface area contributed by atoms with Crippen molar-refractivity contribution in [3.63, 3.8) is 0 Å². The number of hydrogen-bond donors (Lipinski definition) is 0. The third kappa shape index (κ3) is 5.44. The second-order valence-corrected chi connectivity index (χ2v) is 11.1. The minimum Gasteiger partial charge on any atom is -0.462 e. The summed E-state index contributed by atoms with van der Waals surface area (Å²) in [6, 6.07) is 16.4. The van der Waals surface area contributed by atoms with Crippen molar-refractivity contribution in [2.24, 2.45) is 0 Å². The zero-order valence-electron chi connectivity index (χ0n) is 26.4. The van der Waals surface area contributed by atoms with E-state index in [0.29, 0.717) is 38.3 Å². The molecule has 0 radical (unpaired) electrons. The summed E-state index contributed by atoms with van der Waals surface area (Å²) in [7, 11) is 2.11. The van der Waals surface area contributed by atoms with Crippen LogP contribution in [0.5, 0.6) is 6.01 Å². The number of nitrogens with zero attached hydrogens (tertiary/aromatic N) is 7. The summed E-state index contributed by atoms with van der Waals surface area (Å²) in [4.78, 5) is 31.0. The molecule has 0 saturated carbocycles. The number of carbonyl (C=O) groups is 1. The number of aromatic nitrogens is 2. The van der Waals surface area contributed by atoms with Gasteiger partial charge in [-0.25, -0.2) is 0 Å². The second-order valence-electron chi connectivity index (χ2n) is 11.1. The molecule has 0 N–H and O–H groups in total. The van der Waals surface area contributed by atoms with E-state index in [1.165, 1.54) is 15.7 Å². The Bertz CT molecular complexity index is 1620. The van der Waals surface area contributed by atoms with Crippen LogP contribution < -0.4 is 14.5 Å². The molecule has 212 valence electrons. The Hall–Kier alpha value is -4.16. The molecule has 0 bridgehead atoms. The summed E-state index contributed by atoms with van der Waals surface area (Å²) in [6.45, 7) is 3.14. The van der Waals surface area contributed by atoms with Gasteiger partial charge in [0, 0.05) is 48.9 Å². The number of rotatable bonds is 7. The molecule has 2 aromatic carbocycles. The van der Waals surface area contributed by atoms with E-state index >= 15 is 0 Å². The molecule has 3 aromatic rings. The maximum Gasteiger partial charge on any atom is 0.318 e. The van der Waals surface area contributed by atoms with Gasteiger partial charge in [0.2, 0.25) is 5.91 Å². The van der Waals surface area contributed by atoms with Crippen molar-refractivity contribution in [1.82, 2.24) is 19.8 Å². The van der Waals surface area contributed by atoms with Crippen molar-refractivity contribution in [3.8, 4) is 12.1 Å². The fourth-order valence-corrected chi connectivity index (χ4v) is 6.43. The van der Waals surface area contributed by atoms with E-state index in [2.05, 4.69) is 70.3 Å². The molecule has 0 unspecified atom stereocenters. The largest absolute Gasteiger partial charge is 0.462 e. The van der Waals surface area contributed by atoms with Gasteiger partial charge in [-0.2, -0.15) is 15.2 Å². The van der Waals surface area contributed by atoms with Crippen molar-refractivity contribution < 1.29 is 13.6 Å². The van der Waals surface area contributed by atoms with Crippen LogP contribution in [0.25, 0.3) is 10.8 Å². The lowest BCUT2D eigenvalue weighted by Crippen LogP contribution is -2.55. The van der Waals surface area contributed by atoms with Gasteiger partial charge < -0.3 is 24.3 Å². The minimum absolute atomic E-state index is 0.0698. The SMILES string of the molecule is [2H]C([2H])=C([2H])C(=O)N1CCN(c2nc(OC[C@@H]3CCCN3C)nc3c2CCN(c2cccc4ccccc24)C3)C[C@@H]1CC#N. The summed E-state index contributed by atoms with van der Waals surface area (Å²) < 4.78 is 29.0. The Kier molecular flexibility index (Phi) is 6.75. The quantitative estimate of drug-likeness (QED) is 0.408. The zero-order chi connectivity index (χ0) is 30.8. The second kappa shape index (κ2) is 11.8. The molecule has 1 aromatic heterocycles. The highest BCUT2D eigenvalue weighted by Gasteiger charge is 2.33. The van der Waals surface area contributed by atoms with Crippen molar-refractivity contribution >= 4 is 28.2 Å². The first-order valence-corrected chi connectivity index (χ1v) is 14.4. The fourth-order valence-electron chi connectivity index (χ4n) is 6.43. The maximum absolute atomic E-state index is 12.9. The Labute approximate surface area is 245 Å². The normalized spacial score (nSPS) is 22.0. The Morgan fingerprint density at radius 2 is 2.05 bits per heavy atom. The Morgan fingerprint density at radius 3 is 2.88 bits per heavy atom. The van der Waals surface area contributed by atoms with Gasteiger partial charge in [-0.05, 0) is 50.4 Å². The molecule has 0 spiro atoms. The number of hydrogen-bond acceptors (Lipinski definition) is 8. The third-order valence-corrected chi connectivity index (χ3v) is 8.68. The number of piperazine rings is 1. The van der Waals surface area contributed by atoms with Gasteiger partial charge in [0.15, 0.2) is 0 Å². The highest BCUT2D eigenvalue weighted by molar-refractivity contribution is 5.94. The summed E-state index contributed by atoms with van der Waals surface area (Å²) in [5.74, 6) is 0.0748. The maximum atomic E-state index is 12.9. The molecule has 3 aliphatic rings. The number of anilines is 2. The van der Waals surface area contributed by atoms with Gasteiger partial charge in [-0.15, -0.1) is 0 Å². The monoisotopic (exact) mass is 554 g/mol. The first kappa shape index (κ1) is 23.5. The van der Waals surface area contributed by atoms with Crippen LogP contribution in [0.1, 0.15) is 34.6 Å². The molecule has 0 aliphatic carbocycles. The molecule has 41 heavy (non-hydrogen) atoms. The van der Waals surface area contributed by atoms with Crippen LogP contribution in [0.15, 0.2) is 55.0 Å². The molecule has 3 aliphatic heterocycles. The van der Waals surface area contributed by atoms with Crippen LogP contribution in [0.3, 0.4) is 0 Å². The van der Waals surface area contributed by atoms with Crippen molar-refractivity contribution in [3.05, 3.63) is 66.3 Å². The number of ether oxygens (including phenoxy) is 1. The fraction of sp³-hybridized carbons (Fsp3) is 0.438. The first-order chi connectivity index (χ1) is 21.3. The van der Waals surface area contributed by atoms with Crippen LogP contribution in [0, 0.1) is 11.3 Å². The lowest BCUT2D eigenvalue weighted by atomic mass is 10.0. The number of likely N-dealkylation sites (tertiary alicyclic amines) is 1. The molecule has 9 heteroatoms. The first-order valence-electron chi connectivity index (χ1n) is 15.9. The van der Waals surface area contributed by atoms with Gasteiger partial charge in [-0.1, -0.05) is 42.9 Å².